The Labute approximate surface area is 103 Å². The van der Waals surface area contributed by atoms with Gasteiger partial charge in [0.25, 0.3) is 0 Å². The Hall–Kier alpha value is -1.37. The van der Waals surface area contributed by atoms with Crippen molar-refractivity contribution in [2.75, 3.05) is 0 Å². The second-order valence-corrected chi connectivity index (χ2v) is 5.31. The summed E-state index contributed by atoms with van der Waals surface area (Å²) in [5.41, 5.74) is 4.27. The number of hydrogen-bond donors (Lipinski definition) is 0. The molecule has 4 rings (SSSR count). The molecule has 17 heavy (non-hydrogen) atoms. The zero-order valence-electron chi connectivity index (χ0n) is 10.4. The molecule has 1 heterocycles. The lowest BCUT2D eigenvalue weighted by Gasteiger charge is -2.40. The Bertz CT molecular complexity index is 472. The van der Waals surface area contributed by atoms with Crippen LogP contribution in [0.15, 0.2) is 37.1 Å². The summed E-state index contributed by atoms with van der Waals surface area (Å²) in [5.74, 6) is 1.95. The zero-order chi connectivity index (χ0) is 11.8. The Balaban J connectivity index is 1.98. The van der Waals surface area contributed by atoms with E-state index in [1.807, 2.05) is 12.3 Å². The molecule has 1 nitrogen and oxygen atoms in total. The number of nitrogens with zero attached hydrogens (tertiary/aromatic N) is 1. The van der Waals surface area contributed by atoms with Crippen LogP contribution in [-0.2, 0) is 0 Å². The van der Waals surface area contributed by atoms with Gasteiger partial charge in [-0.05, 0) is 49.3 Å². The van der Waals surface area contributed by atoms with Crippen LogP contribution in [0.3, 0.4) is 0 Å². The van der Waals surface area contributed by atoms with Crippen LogP contribution in [-0.4, -0.2) is 4.98 Å². The van der Waals surface area contributed by atoms with Crippen molar-refractivity contribution in [2.24, 2.45) is 5.92 Å². The minimum absolute atomic E-state index is 0.560. The normalized spacial score (nSPS) is 29.1. The second kappa shape index (κ2) is 4.14. The fourth-order valence-corrected chi connectivity index (χ4v) is 3.45. The number of rotatable bonds is 3. The third kappa shape index (κ3) is 1.65. The van der Waals surface area contributed by atoms with E-state index in [1.54, 1.807) is 0 Å². The molecule has 0 spiro atoms. The first-order chi connectivity index (χ1) is 8.31. The molecular weight excluding hydrogens is 206 g/mol. The van der Waals surface area contributed by atoms with Gasteiger partial charge in [-0.15, -0.1) is 6.58 Å². The lowest BCUT2D eigenvalue weighted by Crippen LogP contribution is -2.27. The summed E-state index contributed by atoms with van der Waals surface area (Å²) in [6, 6.07) is 2.15. The molecule has 2 bridgehead atoms. The van der Waals surface area contributed by atoms with Crippen molar-refractivity contribution >= 4 is 0 Å². The van der Waals surface area contributed by atoms with E-state index in [0.29, 0.717) is 11.8 Å². The van der Waals surface area contributed by atoms with Gasteiger partial charge in [0.1, 0.15) is 0 Å². The van der Waals surface area contributed by atoms with E-state index in [9.17, 15) is 0 Å². The molecule has 1 heteroatoms. The molecule has 0 N–H and O–H groups in total. The summed E-state index contributed by atoms with van der Waals surface area (Å²) in [6.07, 6.45) is 12.5. The number of hydrogen-bond acceptors (Lipinski definition) is 1. The van der Waals surface area contributed by atoms with E-state index in [2.05, 4.69) is 36.7 Å². The average Bonchev–Trinajstić information content (AvgIpc) is 2.37. The average molecular weight is 225 g/mol. The molecule has 3 aliphatic rings. The van der Waals surface area contributed by atoms with E-state index in [4.69, 9.17) is 0 Å². The van der Waals surface area contributed by atoms with Crippen LogP contribution in [0.25, 0.3) is 0 Å². The van der Waals surface area contributed by atoms with Gasteiger partial charge >= 0.3 is 0 Å². The molecule has 88 valence electrons. The highest BCUT2D eigenvalue weighted by Gasteiger charge is 2.37. The molecule has 1 aromatic heterocycles. The zero-order valence-corrected chi connectivity index (χ0v) is 10.4. The quantitative estimate of drug-likeness (QED) is 0.705. The van der Waals surface area contributed by atoms with Crippen molar-refractivity contribution in [3.63, 3.8) is 0 Å². The monoisotopic (exact) mass is 225 g/mol. The fraction of sp³-hybridized carbons (Fsp3) is 0.438. The SMILES string of the molecule is C=CCCC1CC2C=CC1c1c(C)ccnc12. The molecule has 3 unspecified atom stereocenters. The van der Waals surface area contributed by atoms with Crippen LogP contribution in [0.5, 0.6) is 0 Å². The topological polar surface area (TPSA) is 12.9 Å². The summed E-state index contributed by atoms with van der Waals surface area (Å²) in [4.78, 5) is 4.61. The fourth-order valence-electron chi connectivity index (χ4n) is 3.45. The summed E-state index contributed by atoms with van der Waals surface area (Å²) in [6.45, 7) is 6.06. The minimum Gasteiger partial charge on any atom is -0.260 e. The molecule has 1 aromatic rings. The smallest absolute Gasteiger partial charge is 0.0512 e. The third-order valence-corrected chi connectivity index (χ3v) is 4.28. The van der Waals surface area contributed by atoms with Crippen LogP contribution >= 0.6 is 0 Å². The minimum atomic E-state index is 0.560. The van der Waals surface area contributed by atoms with E-state index in [1.165, 1.54) is 29.7 Å². The molecule has 3 aliphatic carbocycles. The van der Waals surface area contributed by atoms with Crippen molar-refractivity contribution < 1.29 is 0 Å². The van der Waals surface area contributed by atoms with Gasteiger partial charge < -0.3 is 0 Å². The third-order valence-electron chi connectivity index (χ3n) is 4.28. The Morgan fingerprint density at radius 2 is 2.35 bits per heavy atom. The molecule has 0 fully saturated rings. The predicted octanol–water partition coefficient (Wildman–Crippen LogP) is 4.11. The van der Waals surface area contributed by atoms with Gasteiger partial charge in [0, 0.05) is 18.0 Å². The summed E-state index contributed by atoms with van der Waals surface area (Å²) in [7, 11) is 0. The van der Waals surface area contributed by atoms with Crippen LogP contribution in [0.1, 0.15) is 47.9 Å². The van der Waals surface area contributed by atoms with E-state index >= 15 is 0 Å². The lowest BCUT2D eigenvalue weighted by atomic mass is 9.65. The molecule has 0 aliphatic heterocycles. The first-order valence-corrected chi connectivity index (χ1v) is 6.56. The molecule has 0 saturated heterocycles. The maximum absolute atomic E-state index is 4.61. The van der Waals surface area contributed by atoms with Crippen LogP contribution < -0.4 is 0 Å². The Kier molecular flexibility index (Phi) is 2.62. The number of fused-ring (bicyclic) bond motifs is 1. The molecule has 3 atom stereocenters. The van der Waals surface area contributed by atoms with Gasteiger partial charge in [0.15, 0.2) is 0 Å². The standard InChI is InChI=1S/C16H19N/c1-3-4-5-12-10-13-6-7-14(12)15-11(2)8-9-17-16(13)15/h3,6-9,12-14H,1,4-5,10H2,2H3. The Morgan fingerprint density at radius 1 is 1.47 bits per heavy atom. The number of aromatic nitrogens is 1. The molecule has 0 aromatic carbocycles. The van der Waals surface area contributed by atoms with Gasteiger partial charge in [0.2, 0.25) is 0 Å². The number of pyridine rings is 1. The van der Waals surface area contributed by atoms with Gasteiger partial charge in [-0.1, -0.05) is 18.2 Å². The highest BCUT2D eigenvalue weighted by atomic mass is 14.7. The van der Waals surface area contributed by atoms with Crippen LogP contribution in [0.4, 0.5) is 0 Å². The highest BCUT2D eigenvalue weighted by Crippen LogP contribution is 2.49. The maximum Gasteiger partial charge on any atom is 0.0512 e. The first-order valence-electron chi connectivity index (χ1n) is 6.56. The first kappa shape index (κ1) is 10.8. The number of allylic oxidation sites excluding steroid dienone is 3. The van der Waals surface area contributed by atoms with Gasteiger partial charge in [-0.25, -0.2) is 0 Å². The lowest BCUT2D eigenvalue weighted by molar-refractivity contribution is 0.350. The largest absolute Gasteiger partial charge is 0.260 e. The van der Waals surface area contributed by atoms with Crippen molar-refractivity contribution in [3.05, 3.63) is 53.9 Å². The number of aryl methyl sites for hydroxylation is 1. The maximum atomic E-state index is 4.61. The van der Waals surface area contributed by atoms with Crippen molar-refractivity contribution in [3.8, 4) is 0 Å². The van der Waals surface area contributed by atoms with Crippen molar-refractivity contribution in [2.45, 2.75) is 38.0 Å². The van der Waals surface area contributed by atoms with Crippen molar-refractivity contribution in [1.29, 1.82) is 0 Å². The molecule has 0 saturated carbocycles. The van der Waals surface area contributed by atoms with E-state index < -0.39 is 0 Å². The van der Waals surface area contributed by atoms with Crippen LogP contribution in [0, 0.1) is 12.8 Å². The summed E-state index contributed by atoms with van der Waals surface area (Å²) in [5, 5.41) is 0. The van der Waals surface area contributed by atoms with E-state index in [-0.39, 0.29) is 0 Å². The van der Waals surface area contributed by atoms with Gasteiger partial charge in [-0.2, -0.15) is 0 Å². The van der Waals surface area contributed by atoms with Gasteiger partial charge in [0.05, 0.1) is 5.69 Å². The summed E-state index contributed by atoms with van der Waals surface area (Å²) < 4.78 is 0. The highest BCUT2D eigenvalue weighted by molar-refractivity contribution is 5.45. The van der Waals surface area contributed by atoms with Crippen molar-refractivity contribution in [1.82, 2.24) is 4.98 Å². The molecular formula is C16H19N. The summed E-state index contributed by atoms with van der Waals surface area (Å²) >= 11 is 0. The molecule has 0 amide bonds. The molecule has 0 radical (unpaired) electrons. The van der Waals surface area contributed by atoms with E-state index in [0.717, 1.165) is 12.3 Å². The van der Waals surface area contributed by atoms with Gasteiger partial charge in [-0.3, -0.25) is 4.98 Å². The van der Waals surface area contributed by atoms with Crippen LogP contribution in [0.2, 0.25) is 0 Å². The Morgan fingerprint density at radius 3 is 3.18 bits per heavy atom. The second-order valence-electron chi connectivity index (χ2n) is 5.31. The predicted molar refractivity (Wildman–Crippen MR) is 71.1 cm³/mol.